The minimum Gasteiger partial charge on any atom is -0.466 e. The molecule has 0 bridgehead atoms. The van der Waals surface area contributed by atoms with Gasteiger partial charge in [-0.15, -0.1) is 11.3 Å². The quantitative estimate of drug-likeness (QED) is 0.736. The molecule has 0 unspecified atom stereocenters. The smallest absolute Gasteiger partial charge is 0.307 e. The largest absolute Gasteiger partial charge is 0.466 e. The fraction of sp³-hybridized carbons (Fsp3) is 0.538. The number of aryl methyl sites for hydroxylation is 1. The average molecular weight is 269 g/mol. The number of esters is 1. The fourth-order valence-corrected chi connectivity index (χ4v) is 2.25. The van der Waals surface area contributed by atoms with Crippen molar-refractivity contribution in [2.75, 3.05) is 13.2 Å². The lowest BCUT2D eigenvalue weighted by atomic mass is 10.2. The second kappa shape index (κ2) is 8.69. The molecular weight excluding hydrogens is 250 g/mol. The van der Waals surface area contributed by atoms with Gasteiger partial charge < -0.3 is 10.1 Å². The molecule has 0 aliphatic rings. The van der Waals surface area contributed by atoms with Gasteiger partial charge >= 0.3 is 5.97 Å². The molecule has 5 heteroatoms. The summed E-state index contributed by atoms with van der Waals surface area (Å²) in [5.41, 5.74) is 0. The van der Waals surface area contributed by atoms with Crippen LogP contribution in [0, 0.1) is 0 Å². The van der Waals surface area contributed by atoms with Gasteiger partial charge in [-0.05, 0) is 31.2 Å². The highest BCUT2D eigenvalue weighted by Gasteiger charge is 2.04. The predicted octanol–water partition coefficient (Wildman–Crippen LogP) is 2.14. The third-order valence-corrected chi connectivity index (χ3v) is 3.30. The maximum atomic E-state index is 11.5. The number of hydrogen-bond donors (Lipinski definition) is 1. The van der Waals surface area contributed by atoms with Crippen molar-refractivity contribution in [3.05, 3.63) is 22.4 Å². The molecule has 0 radical (unpaired) electrons. The molecule has 0 aliphatic heterocycles. The van der Waals surface area contributed by atoms with Crippen molar-refractivity contribution in [3.8, 4) is 0 Å². The SMILES string of the molecule is CCOC(=O)CCNC(=O)CCCc1cccs1. The van der Waals surface area contributed by atoms with Crippen LogP contribution in [-0.4, -0.2) is 25.0 Å². The van der Waals surface area contributed by atoms with Gasteiger partial charge in [0.25, 0.3) is 0 Å². The highest BCUT2D eigenvalue weighted by molar-refractivity contribution is 7.09. The van der Waals surface area contributed by atoms with Gasteiger partial charge in [-0.1, -0.05) is 6.07 Å². The highest BCUT2D eigenvalue weighted by atomic mass is 32.1. The molecule has 100 valence electrons. The molecule has 0 aromatic carbocycles. The van der Waals surface area contributed by atoms with E-state index in [2.05, 4.69) is 11.4 Å². The monoisotopic (exact) mass is 269 g/mol. The first-order valence-corrected chi connectivity index (χ1v) is 7.05. The van der Waals surface area contributed by atoms with Crippen LogP contribution < -0.4 is 5.32 Å². The standard InChI is InChI=1S/C13H19NO3S/c1-2-17-13(16)8-9-14-12(15)7-3-5-11-6-4-10-18-11/h4,6,10H,2-3,5,7-9H2,1H3,(H,14,15). The number of ether oxygens (including phenoxy) is 1. The molecule has 1 aromatic heterocycles. The number of amides is 1. The van der Waals surface area contributed by atoms with Crippen molar-refractivity contribution >= 4 is 23.2 Å². The van der Waals surface area contributed by atoms with Crippen molar-refractivity contribution in [2.24, 2.45) is 0 Å². The van der Waals surface area contributed by atoms with Crippen LogP contribution in [0.2, 0.25) is 0 Å². The maximum Gasteiger partial charge on any atom is 0.307 e. The summed E-state index contributed by atoms with van der Waals surface area (Å²) in [5.74, 6) is -0.271. The molecule has 1 N–H and O–H groups in total. The molecule has 1 aromatic rings. The van der Waals surface area contributed by atoms with Gasteiger partial charge in [-0.2, -0.15) is 0 Å². The molecule has 0 saturated carbocycles. The first kappa shape index (κ1) is 14.7. The second-order valence-corrected chi connectivity index (χ2v) is 4.87. The van der Waals surface area contributed by atoms with E-state index in [9.17, 15) is 9.59 Å². The number of nitrogens with one attached hydrogen (secondary N) is 1. The lowest BCUT2D eigenvalue weighted by Crippen LogP contribution is -2.26. The Labute approximate surface area is 111 Å². The van der Waals surface area contributed by atoms with Crippen LogP contribution >= 0.6 is 11.3 Å². The Morgan fingerprint density at radius 1 is 1.39 bits per heavy atom. The van der Waals surface area contributed by atoms with E-state index < -0.39 is 0 Å². The minimum absolute atomic E-state index is 0.00384. The zero-order valence-electron chi connectivity index (χ0n) is 10.6. The Morgan fingerprint density at radius 2 is 2.22 bits per heavy atom. The summed E-state index contributed by atoms with van der Waals surface area (Å²) in [4.78, 5) is 23.8. The molecule has 0 fully saturated rings. The Hall–Kier alpha value is -1.36. The average Bonchev–Trinajstić information content (AvgIpc) is 2.82. The number of carbonyl (C=O) groups is 2. The summed E-state index contributed by atoms with van der Waals surface area (Å²) in [7, 11) is 0. The van der Waals surface area contributed by atoms with Gasteiger partial charge in [0.1, 0.15) is 0 Å². The van der Waals surface area contributed by atoms with Crippen LogP contribution in [0.4, 0.5) is 0 Å². The molecule has 0 atom stereocenters. The van der Waals surface area contributed by atoms with Gasteiger partial charge in [-0.3, -0.25) is 9.59 Å². The van der Waals surface area contributed by atoms with Crippen molar-refractivity contribution in [2.45, 2.75) is 32.6 Å². The molecule has 1 heterocycles. The first-order valence-electron chi connectivity index (χ1n) is 6.17. The lowest BCUT2D eigenvalue weighted by Gasteiger charge is -2.04. The van der Waals surface area contributed by atoms with E-state index >= 15 is 0 Å². The van der Waals surface area contributed by atoms with Crippen LogP contribution in [0.15, 0.2) is 17.5 Å². The zero-order chi connectivity index (χ0) is 13.2. The minimum atomic E-state index is -0.267. The van der Waals surface area contributed by atoms with E-state index in [1.807, 2.05) is 11.4 Å². The van der Waals surface area contributed by atoms with Gasteiger partial charge in [0.15, 0.2) is 0 Å². The Balaban J connectivity index is 2.02. The van der Waals surface area contributed by atoms with Gasteiger partial charge in [-0.25, -0.2) is 0 Å². The third-order valence-electron chi connectivity index (χ3n) is 2.36. The van der Waals surface area contributed by atoms with E-state index in [1.54, 1.807) is 18.3 Å². The molecule has 18 heavy (non-hydrogen) atoms. The number of thiophene rings is 1. The Bertz CT molecular complexity index is 362. The second-order valence-electron chi connectivity index (χ2n) is 3.84. The summed E-state index contributed by atoms with van der Waals surface area (Å²) in [6, 6.07) is 4.09. The summed E-state index contributed by atoms with van der Waals surface area (Å²) < 4.78 is 4.76. The molecule has 4 nitrogen and oxygen atoms in total. The van der Waals surface area contributed by atoms with Crippen LogP contribution in [0.3, 0.4) is 0 Å². The number of hydrogen-bond acceptors (Lipinski definition) is 4. The van der Waals surface area contributed by atoms with Crippen molar-refractivity contribution in [3.63, 3.8) is 0 Å². The predicted molar refractivity (Wildman–Crippen MR) is 71.5 cm³/mol. The summed E-state index contributed by atoms with van der Waals surface area (Å²) in [6.45, 7) is 2.51. The molecular formula is C13H19NO3S. The van der Waals surface area contributed by atoms with Gasteiger partial charge in [0.05, 0.1) is 13.0 Å². The number of rotatable bonds is 8. The summed E-state index contributed by atoms with van der Waals surface area (Å²) in [5, 5.41) is 4.75. The normalized spacial score (nSPS) is 10.1. The summed E-state index contributed by atoms with van der Waals surface area (Å²) >= 11 is 1.71. The van der Waals surface area contributed by atoms with Crippen molar-refractivity contribution in [1.29, 1.82) is 0 Å². The van der Waals surface area contributed by atoms with Crippen molar-refractivity contribution in [1.82, 2.24) is 5.32 Å². The Kier molecular flexibility index (Phi) is 7.10. The van der Waals surface area contributed by atoms with Gasteiger partial charge in [0, 0.05) is 17.8 Å². The number of carbonyl (C=O) groups excluding carboxylic acids is 2. The van der Waals surface area contributed by atoms with Crippen LogP contribution in [0.25, 0.3) is 0 Å². The fourth-order valence-electron chi connectivity index (χ4n) is 1.50. The molecule has 1 amide bonds. The molecule has 0 saturated heterocycles. The van der Waals surface area contributed by atoms with Gasteiger partial charge in [0.2, 0.25) is 5.91 Å². The topological polar surface area (TPSA) is 55.4 Å². The van der Waals surface area contributed by atoms with E-state index in [0.29, 0.717) is 19.6 Å². The van der Waals surface area contributed by atoms with E-state index in [-0.39, 0.29) is 18.3 Å². The van der Waals surface area contributed by atoms with E-state index in [0.717, 1.165) is 12.8 Å². The first-order chi connectivity index (χ1) is 8.72. The van der Waals surface area contributed by atoms with E-state index in [4.69, 9.17) is 4.74 Å². The van der Waals surface area contributed by atoms with Crippen LogP contribution in [0.1, 0.15) is 31.1 Å². The maximum absolute atomic E-state index is 11.5. The lowest BCUT2D eigenvalue weighted by molar-refractivity contribution is -0.143. The van der Waals surface area contributed by atoms with Crippen LogP contribution in [-0.2, 0) is 20.7 Å². The zero-order valence-corrected chi connectivity index (χ0v) is 11.4. The molecule has 0 spiro atoms. The van der Waals surface area contributed by atoms with E-state index in [1.165, 1.54) is 4.88 Å². The summed E-state index contributed by atoms with van der Waals surface area (Å²) in [6.07, 6.45) is 2.51. The highest BCUT2D eigenvalue weighted by Crippen LogP contribution is 2.11. The third kappa shape index (κ3) is 6.39. The molecule has 0 aliphatic carbocycles. The van der Waals surface area contributed by atoms with Crippen molar-refractivity contribution < 1.29 is 14.3 Å². The molecule has 1 rings (SSSR count). The Morgan fingerprint density at radius 3 is 2.89 bits per heavy atom. The van der Waals surface area contributed by atoms with Crippen LogP contribution in [0.5, 0.6) is 0 Å².